The number of rotatable bonds is 8. The molecule has 1 saturated carbocycles. The Kier molecular flexibility index (Phi) is 5.02. The van der Waals surface area contributed by atoms with Gasteiger partial charge in [0.1, 0.15) is 11.9 Å². The van der Waals surface area contributed by atoms with Crippen LogP contribution in [0, 0.1) is 0 Å². The quantitative estimate of drug-likeness (QED) is 0.767. The molecule has 0 spiro atoms. The zero-order valence-electron chi connectivity index (χ0n) is 11.3. The van der Waals surface area contributed by atoms with Crippen LogP contribution in [-0.2, 0) is 11.2 Å². The first kappa shape index (κ1) is 13.4. The fourth-order valence-corrected chi connectivity index (χ4v) is 1.85. The summed E-state index contributed by atoms with van der Waals surface area (Å²) in [6.07, 6.45) is 3.81. The Morgan fingerprint density at radius 3 is 2.61 bits per heavy atom. The molecule has 0 amide bonds. The maximum Gasteiger partial charge on any atom is 0.119 e. The molecule has 0 saturated heterocycles. The van der Waals surface area contributed by atoms with Crippen molar-refractivity contribution in [1.29, 1.82) is 0 Å². The molecule has 2 rings (SSSR count). The molecule has 0 heterocycles. The summed E-state index contributed by atoms with van der Waals surface area (Å²) in [5.74, 6) is 0.946. The summed E-state index contributed by atoms with van der Waals surface area (Å²) >= 11 is 0. The van der Waals surface area contributed by atoms with Gasteiger partial charge in [-0.3, -0.25) is 0 Å². The lowest BCUT2D eigenvalue weighted by atomic mass is 10.1. The molecule has 1 aromatic rings. The molecule has 100 valence electrons. The van der Waals surface area contributed by atoms with Gasteiger partial charge in [0.15, 0.2) is 0 Å². The minimum absolute atomic E-state index is 0.218. The molecule has 0 aromatic heterocycles. The predicted molar refractivity (Wildman–Crippen MR) is 73.1 cm³/mol. The Balaban J connectivity index is 1.73. The van der Waals surface area contributed by atoms with Crippen LogP contribution in [0.5, 0.6) is 5.75 Å². The average molecular weight is 249 g/mol. The average Bonchev–Trinajstić information content (AvgIpc) is 3.20. The summed E-state index contributed by atoms with van der Waals surface area (Å²) in [6.45, 7) is 3.80. The van der Waals surface area contributed by atoms with E-state index >= 15 is 0 Å². The highest BCUT2D eigenvalue weighted by atomic mass is 16.5. The van der Waals surface area contributed by atoms with E-state index in [4.69, 9.17) is 9.47 Å². The first-order valence-corrected chi connectivity index (χ1v) is 6.76. The van der Waals surface area contributed by atoms with Gasteiger partial charge < -0.3 is 14.8 Å². The van der Waals surface area contributed by atoms with E-state index in [1.54, 1.807) is 7.11 Å². The fraction of sp³-hybridized carbons (Fsp3) is 0.600. The van der Waals surface area contributed by atoms with E-state index in [1.807, 2.05) is 12.1 Å². The molecule has 1 unspecified atom stereocenters. The van der Waals surface area contributed by atoms with Gasteiger partial charge in [-0.05, 0) is 43.9 Å². The molecular formula is C15H23NO2. The lowest BCUT2D eigenvalue weighted by Crippen LogP contribution is -2.30. The lowest BCUT2D eigenvalue weighted by molar-refractivity contribution is 0.202. The van der Waals surface area contributed by atoms with Gasteiger partial charge in [0.25, 0.3) is 0 Å². The topological polar surface area (TPSA) is 30.5 Å². The molecule has 1 aromatic carbocycles. The van der Waals surface area contributed by atoms with Gasteiger partial charge >= 0.3 is 0 Å². The standard InChI is InChI=1S/C15H23NO2/c1-12(11-16-14-5-6-14)18-15-7-3-13(4-8-15)9-10-17-2/h3-4,7-8,12,14,16H,5-6,9-11H2,1-2H3. The highest BCUT2D eigenvalue weighted by Crippen LogP contribution is 2.19. The summed E-state index contributed by atoms with van der Waals surface area (Å²) in [6, 6.07) is 9.04. The second kappa shape index (κ2) is 6.76. The molecule has 1 aliphatic rings. The normalized spacial score (nSPS) is 16.6. The van der Waals surface area contributed by atoms with E-state index in [-0.39, 0.29) is 6.10 Å². The molecule has 1 aliphatic carbocycles. The lowest BCUT2D eigenvalue weighted by Gasteiger charge is -2.15. The minimum atomic E-state index is 0.218. The second-order valence-electron chi connectivity index (χ2n) is 5.00. The molecule has 18 heavy (non-hydrogen) atoms. The monoisotopic (exact) mass is 249 g/mol. The van der Waals surface area contributed by atoms with Crippen molar-refractivity contribution in [3.05, 3.63) is 29.8 Å². The van der Waals surface area contributed by atoms with Gasteiger partial charge in [-0.2, -0.15) is 0 Å². The number of ether oxygens (including phenoxy) is 2. The third-order valence-electron chi connectivity index (χ3n) is 3.13. The van der Waals surface area contributed by atoms with Gasteiger partial charge in [0.05, 0.1) is 6.61 Å². The van der Waals surface area contributed by atoms with Gasteiger partial charge in [-0.15, -0.1) is 0 Å². The van der Waals surface area contributed by atoms with Gasteiger partial charge in [-0.25, -0.2) is 0 Å². The van der Waals surface area contributed by atoms with Crippen LogP contribution in [0.25, 0.3) is 0 Å². The molecule has 1 N–H and O–H groups in total. The first-order valence-electron chi connectivity index (χ1n) is 6.76. The third-order valence-corrected chi connectivity index (χ3v) is 3.13. The number of benzene rings is 1. The van der Waals surface area contributed by atoms with Gasteiger partial charge in [0, 0.05) is 19.7 Å². The Hall–Kier alpha value is -1.06. The Morgan fingerprint density at radius 2 is 2.00 bits per heavy atom. The fourth-order valence-electron chi connectivity index (χ4n) is 1.85. The molecule has 0 radical (unpaired) electrons. The zero-order valence-corrected chi connectivity index (χ0v) is 11.3. The summed E-state index contributed by atoms with van der Waals surface area (Å²) < 4.78 is 10.9. The van der Waals surface area contributed by atoms with E-state index in [0.29, 0.717) is 0 Å². The van der Waals surface area contributed by atoms with Crippen molar-refractivity contribution in [3.63, 3.8) is 0 Å². The van der Waals surface area contributed by atoms with Crippen LogP contribution in [0.1, 0.15) is 25.3 Å². The summed E-state index contributed by atoms with van der Waals surface area (Å²) in [7, 11) is 1.73. The Morgan fingerprint density at radius 1 is 1.28 bits per heavy atom. The van der Waals surface area contributed by atoms with E-state index < -0.39 is 0 Å². The van der Waals surface area contributed by atoms with Crippen LogP contribution in [0.2, 0.25) is 0 Å². The molecular weight excluding hydrogens is 226 g/mol. The van der Waals surface area contributed by atoms with Crippen molar-refractivity contribution in [2.75, 3.05) is 20.3 Å². The SMILES string of the molecule is COCCc1ccc(OC(C)CNC2CC2)cc1. The number of hydrogen-bond donors (Lipinski definition) is 1. The highest BCUT2D eigenvalue weighted by Gasteiger charge is 2.21. The van der Waals surface area contributed by atoms with Crippen LogP contribution < -0.4 is 10.1 Å². The maximum absolute atomic E-state index is 5.86. The largest absolute Gasteiger partial charge is 0.489 e. The van der Waals surface area contributed by atoms with Crippen LogP contribution >= 0.6 is 0 Å². The van der Waals surface area contributed by atoms with Crippen LogP contribution in [0.15, 0.2) is 24.3 Å². The van der Waals surface area contributed by atoms with Crippen molar-refractivity contribution in [2.45, 2.75) is 38.3 Å². The van der Waals surface area contributed by atoms with Crippen molar-refractivity contribution < 1.29 is 9.47 Å². The van der Waals surface area contributed by atoms with E-state index in [9.17, 15) is 0 Å². The van der Waals surface area contributed by atoms with Crippen LogP contribution in [0.4, 0.5) is 0 Å². The number of hydrogen-bond acceptors (Lipinski definition) is 3. The van der Waals surface area contributed by atoms with E-state index in [2.05, 4.69) is 24.4 Å². The number of methoxy groups -OCH3 is 1. The first-order chi connectivity index (χ1) is 8.78. The molecule has 3 nitrogen and oxygen atoms in total. The predicted octanol–water partition coefficient (Wildman–Crippen LogP) is 2.39. The molecule has 1 atom stereocenters. The summed E-state index contributed by atoms with van der Waals surface area (Å²) in [5, 5.41) is 3.47. The third kappa shape index (κ3) is 4.67. The molecule has 0 bridgehead atoms. The molecule has 1 fully saturated rings. The smallest absolute Gasteiger partial charge is 0.119 e. The van der Waals surface area contributed by atoms with Crippen molar-refractivity contribution in [1.82, 2.24) is 5.32 Å². The maximum atomic E-state index is 5.86. The molecule has 0 aliphatic heterocycles. The van der Waals surface area contributed by atoms with Crippen molar-refractivity contribution in [2.24, 2.45) is 0 Å². The van der Waals surface area contributed by atoms with Crippen LogP contribution in [-0.4, -0.2) is 32.4 Å². The Labute approximate surface area is 109 Å². The van der Waals surface area contributed by atoms with Gasteiger partial charge in [-0.1, -0.05) is 12.1 Å². The number of nitrogens with one attached hydrogen (secondary N) is 1. The van der Waals surface area contributed by atoms with Crippen molar-refractivity contribution >= 4 is 0 Å². The van der Waals surface area contributed by atoms with E-state index in [1.165, 1.54) is 18.4 Å². The van der Waals surface area contributed by atoms with Crippen molar-refractivity contribution in [3.8, 4) is 5.75 Å². The Bertz CT molecular complexity index is 346. The highest BCUT2D eigenvalue weighted by molar-refractivity contribution is 5.27. The summed E-state index contributed by atoms with van der Waals surface area (Å²) in [4.78, 5) is 0. The zero-order chi connectivity index (χ0) is 12.8. The summed E-state index contributed by atoms with van der Waals surface area (Å²) in [5.41, 5.74) is 1.29. The second-order valence-corrected chi connectivity index (χ2v) is 5.00. The van der Waals surface area contributed by atoms with E-state index in [0.717, 1.165) is 31.4 Å². The minimum Gasteiger partial charge on any atom is -0.489 e. The van der Waals surface area contributed by atoms with Gasteiger partial charge in [0.2, 0.25) is 0 Å². The van der Waals surface area contributed by atoms with Crippen LogP contribution in [0.3, 0.4) is 0 Å². The molecule has 3 heteroatoms.